The molecule has 124 valence electrons. The maximum Gasteiger partial charge on any atom is 0.316 e. The Labute approximate surface area is 139 Å². The van der Waals surface area contributed by atoms with Gasteiger partial charge in [-0.25, -0.2) is 15.0 Å². The molecule has 0 N–H and O–H groups in total. The van der Waals surface area contributed by atoms with Crippen LogP contribution in [0.15, 0.2) is 35.1 Å². The Morgan fingerprint density at radius 3 is 2.54 bits per heavy atom. The van der Waals surface area contributed by atoms with E-state index in [2.05, 4.69) is 25.1 Å². The zero-order chi connectivity index (χ0) is 17.1. The SMILES string of the molecule is CC(Oc1ncc(-c2nnc(C(F)F)o2)cn1)c1cccnc1Cl. The van der Waals surface area contributed by atoms with E-state index in [1.54, 1.807) is 25.3 Å². The largest absolute Gasteiger partial charge is 0.455 e. The van der Waals surface area contributed by atoms with E-state index in [-0.39, 0.29) is 11.9 Å². The van der Waals surface area contributed by atoms with Crippen LogP contribution in [-0.2, 0) is 0 Å². The minimum Gasteiger partial charge on any atom is -0.455 e. The molecule has 3 rings (SSSR count). The number of pyridine rings is 1. The summed E-state index contributed by atoms with van der Waals surface area (Å²) >= 11 is 6.00. The monoisotopic (exact) mass is 353 g/mol. The summed E-state index contributed by atoms with van der Waals surface area (Å²) in [7, 11) is 0. The Morgan fingerprint density at radius 1 is 1.17 bits per heavy atom. The number of hydrogen-bond acceptors (Lipinski definition) is 7. The van der Waals surface area contributed by atoms with E-state index in [4.69, 9.17) is 20.8 Å². The van der Waals surface area contributed by atoms with Gasteiger partial charge in [0.15, 0.2) is 0 Å². The molecule has 0 aliphatic rings. The Kier molecular flexibility index (Phi) is 4.61. The number of ether oxygens (including phenoxy) is 1. The highest BCUT2D eigenvalue weighted by Gasteiger charge is 2.18. The molecule has 3 aromatic heterocycles. The first-order valence-corrected chi connectivity index (χ1v) is 7.13. The fraction of sp³-hybridized carbons (Fsp3) is 0.214. The van der Waals surface area contributed by atoms with Crippen LogP contribution in [0.4, 0.5) is 8.78 Å². The van der Waals surface area contributed by atoms with Gasteiger partial charge in [0.1, 0.15) is 11.3 Å². The van der Waals surface area contributed by atoms with Crippen molar-refractivity contribution in [3.8, 4) is 17.5 Å². The third-order valence-corrected chi connectivity index (χ3v) is 3.33. The van der Waals surface area contributed by atoms with Crippen molar-refractivity contribution in [2.45, 2.75) is 19.5 Å². The Balaban J connectivity index is 1.73. The van der Waals surface area contributed by atoms with Gasteiger partial charge in [-0.2, -0.15) is 8.78 Å². The maximum atomic E-state index is 12.4. The van der Waals surface area contributed by atoms with E-state index in [1.807, 2.05) is 0 Å². The van der Waals surface area contributed by atoms with Crippen molar-refractivity contribution < 1.29 is 17.9 Å². The minimum absolute atomic E-state index is 0.0831. The van der Waals surface area contributed by atoms with Crippen LogP contribution in [-0.4, -0.2) is 25.1 Å². The molecule has 0 aliphatic carbocycles. The summed E-state index contributed by atoms with van der Waals surface area (Å²) in [6.45, 7) is 1.77. The quantitative estimate of drug-likeness (QED) is 0.647. The number of aromatic nitrogens is 5. The molecule has 24 heavy (non-hydrogen) atoms. The third kappa shape index (κ3) is 3.46. The second kappa shape index (κ2) is 6.83. The molecule has 0 spiro atoms. The molecule has 10 heteroatoms. The van der Waals surface area contributed by atoms with Crippen LogP contribution in [0.5, 0.6) is 6.01 Å². The van der Waals surface area contributed by atoms with Gasteiger partial charge < -0.3 is 9.15 Å². The molecular formula is C14H10ClF2N5O2. The lowest BCUT2D eigenvalue weighted by atomic mass is 10.2. The Bertz CT molecular complexity index is 828. The van der Waals surface area contributed by atoms with Gasteiger partial charge in [0.05, 0.1) is 5.56 Å². The lowest BCUT2D eigenvalue weighted by Crippen LogP contribution is -2.06. The lowest BCUT2D eigenvalue weighted by molar-refractivity contribution is 0.116. The Hall–Kier alpha value is -2.68. The molecule has 0 fully saturated rings. The smallest absolute Gasteiger partial charge is 0.316 e. The summed E-state index contributed by atoms with van der Waals surface area (Å²) in [5.41, 5.74) is 0.985. The van der Waals surface area contributed by atoms with Gasteiger partial charge in [-0.1, -0.05) is 17.7 Å². The molecule has 0 aliphatic heterocycles. The van der Waals surface area contributed by atoms with Crippen LogP contribution in [0.3, 0.4) is 0 Å². The van der Waals surface area contributed by atoms with Crippen LogP contribution >= 0.6 is 11.6 Å². The van der Waals surface area contributed by atoms with Crippen molar-refractivity contribution >= 4 is 11.6 Å². The van der Waals surface area contributed by atoms with Crippen molar-refractivity contribution in [2.75, 3.05) is 0 Å². The van der Waals surface area contributed by atoms with Gasteiger partial charge in [-0.3, -0.25) is 0 Å². The Morgan fingerprint density at radius 2 is 1.92 bits per heavy atom. The number of nitrogens with zero attached hydrogens (tertiary/aromatic N) is 5. The first kappa shape index (κ1) is 16.2. The van der Waals surface area contributed by atoms with E-state index in [1.165, 1.54) is 12.4 Å². The number of hydrogen-bond donors (Lipinski definition) is 0. The minimum atomic E-state index is -2.83. The van der Waals surface area contributed by atoms with Crippen LogP contribution in [0.2, 0.25) is 5.15 Å². The highest BCUT2D eigenvalue weighted by molar-refractivity contribution is 6.30. The fourth-order valence-electron chi connectivity index (χ4n) is 1.85. The molecule has 0 bridgehead atoms. The topological polar surface area (TPSA) is 86.8 Å². The zero-order valence-electron chi connectivity index (χ0n) is 12.2. The van der Waals surface area contributed by atoms with E-state index >= 15 is 0 Å². The highest BCUT2D eigenvalue weighted by atomic mass is 35.5. The summed E-state index contributed by atoms with van der Waals surface area (Å²) in [5, 5.41) is 7.08. The summed E-state index contributed by atoms with van der Waals surface area (Å²) < 4.78 is 35.3. The summed E-state index contributed by atoms with van der Waals surface area (Å²) in [5.74, 6) is -0.856. The third-order valence-electron chi connectivity index (χ3n) is 3.01. The van der Waals surface area contributed by atoms with Crippen LogP contribution in [0.25, 0.3) is 11.5 Å². The van der Waals surface area contributed by atoms with E-state index in [0.717, 1.165) is 0 Å². The molecule has 0 aromatic carbocycles. The maximum absolute atomic E-state index is 12.4. The predicted octanol–water partition coefficient (Wildman–Crippen LogP) is 3.65. The second-order valence-electron chi connectivity index (χ2n) is 4.64. The summed E-state index contributed by atoms with van der Waals surface area (Å²) in [6.07, 6.45) is 0.985. The molecule has 1 unspecified atom stereocenters. The average molecular weight is 354 g/mol. The number of halogens is 3. The van der Waals surface area contributed by atoms with Gasteiger partial charge in [0.25, 0.3) is 11.8 Å². The van der Waals surface area contributed by atoms with Crippen molar-refractivity contribution in [1.82, 2.24) is 25.1 Å². The standard InChI is InChI=1S/C14H10ClF2N5O2/c1-7(9-3-2-4-18-10(9)15)23-14-19-5-8(6-20-14)12-21-22-13(24-12)11(16)17/h2-7,11H,1H3. The number of alkyl halides is 2. The molecule has 0 radical (unpaired) electrons. The molecular weight excluding hydrogens is 344 g/mol. The summed E-state index contributed by atoms with van der Waals surface area (Å²) in [4.78, 5) is 12.0. The lowest BCUT2D eigenvalue weighted by Gasteiger charge is -2.13. The first-order chi connectivity index (χ1) is 11.5. The second-order valence-corrected chi connectivity index (χ2v) is 5.00. The van der Waals surface area contributed by atoms with Gasteiger partial charge >= 0.3 is 12.4 Å². The van der Waals surface area contributed by atoms with Gasteiger partial charge in [0, 0.05) is 24.2 Å². The predicted molar refractivity (Wildman–Crippen MR) is 78.6 cm³/mol. The van der Waals surface area contributed by atoms with Crippen LogP contribution in [0, 0.1) is 0 Å². The van der Waals surface area contributed by atoms with E-state index in [0.29, 0.717) is 16.3 Å². The van der Waals surface area contributed by atoms with Crippen molar-refractivity contribution in [2.24, 2.45) is 0 Å². The molecule has 0 saturated carbocycles. The van der Waals surface area contributed by atoms with Gasteiger partial charge in [0.2, 0.25) is 0 Å². The molecule has 0 saturated heterocycles. The van der Waals surface area contributed by atoms with Gasteiger partial charge in [-0.05, 0) is 13.0 Å². The molecule has 3 aromatic rings. The number of rotatable bonds is 5. The van der Waals surface area contributed by atoms with Crippen LogP contribution in [0.1, 0.15) is 30.9 Å². The summed E-state index contributed by atoms with van der Waals surface area (Å²) in [6, 6.07) is 3.60. The van der Waals surface area contributed by atoms with E-state index < -0.39 is 18.4 Å². The van der Waals surface area contributed by atoms with Gasteiger partial charge in [-0.15, -0.1) is 10.2 Å². The average Bonchev–Trinajstić information content (AvgIpc) is 3.06. The molecule has 0 amide bonds. The van der Waals surface area contributed by atoms with Crippen molar-refractivity contribution in [3.63, 3.8) is 0 Å². The first-order valence-electron chi connectivity index (χ1n) is 6.75. The van der Waals surface area contributed by atoms with E-state index in [9.17, 15) is 8.78 Å². The fourth-order valence-corrected chi connectivity index (χ4v) is 2.12. The van der Waals surface area contributed by atoms with Crippen LogP contribution < -0.4 is 4.74 Å². The molecule has 3 heterocycles. The highest BCUT2D eigenvalue weighted by Crippen LogP contribution is 2.25. The molecule has 7 nitrogen and oxygen atoms in total. The molecule has 1 atom stereocenters. The van der Waals surface area contributed by atoms with Crippen molar-refractivity contribution in [1.29, 1.82) is 0 Å². The van der Waals surface area contributed by atoms with Crippen molar-refractivity contribution in [3.05, 3.63) is 47.3 Å². The zero-order valence-corrected chi connectivity index (χ0v) is 13.0. The normalized spacial score (nSPS) is 12.4.